The van der Waals surface area contributed by atoms with Crippen LogP contribution in [-0.2, 0) is 0 Å². The highest BCUT2D eigenvalue weighted by Crippen LogP contribution is 2.76. The van der Waals surface area contributed by atoms with Gasteiger partial charge in [0.15, 0.2) is 0 Å². The van der Waals surface area contributed by atoms with Crippen LogP contribution in [0.3, 0.4) is 0 Å². The first-order valence-electron chi connectivity index (χ1n) is 14.1. The van der Waals surface area contributed by atoms with E-state index in [-0.39, 0.29) is 11.5 Å². The summed E-state index contributed by atoms with van der Waals surface area (Å²) >= 11 is 0. The maximum Gasteiger partial charge on any atom is 0.0594 e. The van der Waals surface area contributed by atoms with E-state index < -0.39 is 0 Å². The van der Waals surface area contributed by atoms with Gasteiger partial charge in [0.25, 0.3) is 0 Å². The van der Waals surface area contributed by atoms with Crippen molar-refractivity contribution in [2.45, 2.75) is 125 Å². The third-order valence-electron chi connectivity index (χ3n) is 13.8. The molecule has 1 N–H and O–H groups in total. The van der Waals surface area contributed by atoms with Gasteiger partial charge in [-0.2, -0.15) is 0 Å². The van der Waals surface area contributed by atoms with Crippen molar-refractivity contribution in [1.82, 2.24) is 0 Å². The van der Waals surface area contributed by atoms with E-state index in [1.807, 2.05) is 0 Å². The van der Waals surface area contributed by atoms with Crippen molar-refractivity contribution in [3.63, 3.8) is 0 Å². The lowest BCUT2D eigenvalue weighted by atomic mass is 9.31. The summed E-state index contributed by atoms with van der Waals surface area (Å²) in [6.45, 7) is 22.2. The van der Waals surface area contributed by atoms with Crippen LogP contribution in [0.4, 0.5) is 0 Å². The molecule has 10 atom stereocenters. The molecule has 0 aromatic rings. The third-order valence-corrected chi connectivity index (χ3v) is 13.8. The summed E-state index contributed by atoms with van der Waals surface area (Å²) in [5, 5.41) is 10.9. The fraction of sp³-hybridized carbons (Fsp3) is 0.935. The molecule has 5 aliphatic carbocycles. The number of allylic oxidation sites excluding steroid dienone is 1. The Morgan fingerprint density at radius 3 is 2.12 bits per heavy atom. The summed E-state index contributed by atoms with van der Waals surface area (Å²) < 4.78 is 0. The molecule has 5 fully saturated rings. The number of aliphatic hydroxyl groups excluding tert-OH is 1. The first-order valence-corrected chi connectivity index (χ1v) is 14.1. The number of hydrogen-bond donors (Lipinski definition) is 1. The lowest BCUT2D eigenvalue weighted by molar-refractivity contribution is -0.250. The highest BCUT2D eigenvalue weighted by Gasteiger charge is 2.69. The fourth-order valence-electron chi connectivity index (χ4n) is 11.4. The van der Waals surface area contributed by atoms with Crippen LogP contribution >= 0.6 is 0 Å². The van der Waals surface area contributed by atoms with Gasteiger partial charge in [-0.3, -0.25) is 0 Å². The Morgan fingerprint density at radius 1 is 0.719 bits per heavy atom. The largest absolute Gasteiger partial charge is 0.393 e. The van der Waals surface area contributed by atoms with E-state index in [0.717, 1.165) is 30.1 Å². The molecule has 1 nitrogen and oxygen atoms in total. The molecule has 0 unspecified atom stereocenters. The van der Waals surface area contributed by atoms with Gasteiger partial charge in [-0.05, 0) is 134 Å². The molecule has 1 heteroatoms. The Balaban J connectivity index is 1.51. The summed E-state index contributed by atoms with van der Waals surface area (Å²) in [7, 11) is 0. The van der Waals surface area contributed by atoms with Crippen molar-refractivity contribution in [1.29, 1.82) is 0 Å². The Kier molecular flexibility index (Phi) is 5.21. The second kappa shape index (κ2) is 7.11. The van der Waals surface area contributed by atoms with E-state index in [4.69, 9.17) is 0 Å². The molecule has 0 aliphatic heterocycles. The Hall–Kier alpha value is -0.300. The lowest BCUT2D eigenvalue weighted by Gasteiger charge is -2.73. The molecule has 0 bridgehead atoms. The van der Waals surface area contributed by atoms with E-state index in [1.54, 1.807) is 0 Å². The number of rotatable bonds is 1. The van der Waals surface area contributed by atoms with Gasteiger partial charge < -0.3 is 5.11 Å². The fourth-order valence-corrected chi connectivity index (χ4v) is 11.4. The molecule has 5 saturated carbocycles. The minimum Gasteiger partial charge on any atom is -0.393 e. The summed E-state index contributed by atoms with van der Waals surface area (Å²) in [6.07, 6.45) is 14.8. The zero-order valence-corrected chi connectivity index (χ0v) is 22.4. The first kappa shape index (κ1) is 23.4. The molecule has 0 aromatic heterocycles. The van der Waals surface area contributed by atoms with E-state index in [9.17, 15) is 5.11 Å². The minimum atomic E-state index is -0.117. The smallest absolute Gasteiger partial charge is 0.0594 e. The number of aliphatic hydroxyl groups is 1. The number of hydrogen-bond acceptors (Lipinski definition) is 1. The van der Waals surface area contributed by atoms with Gasteiger partial charge >= 0.3 is 0 Å². The molecule has 0 spiro atoms. The Labute approximate surface area is 199 Å². The standard InChI is InChI=1S/C31H52O/c1-20(2)21-11-14-28(5)17-18-30(7)22(23(28)19-21)9-10-25-29(6)15-13-26(32)27(3,4)24(29)12-16-31(25,30)8/h21-26,32H,1,9-19H2,2-8H3/t21-,22-,23-,24+,25-,26+,28-,29+,30-,31-/m1/s1. The van der Waals surface area contributed by atoms with Gasteiger partial charge in [0.05, 0.1) is 6.10 Å². The van der Waals surface area contributed by atoms with E-state index in [2.05, 4.69) is 55.0 Å². The van der Waals surface area contributed by atoms with Crippen molar-refractivity contribution < 1.29 is 5.11 Å². The van der Waals surface area contributed by atoms with Gasteiger partial charge in [0, 0.05) is 0 Å². The normalized spacial score (nSPS) is 56.9. The van der Waals surface area contributed by atoms with Crippen LogP contribution in [0.15, 0.2) is 12.2 Å². The monoisotopic (exact) mass is 440 g/mol. The predicted molar refractivity (Wildman–Crippen MR) is 135 cm³/mol. The molecule has 0 radical (unpaired) electrons. The van der Waals surface area contributed by atoms with Crippen molar-refractivity contribution >= 4 is 0 Å². The molecule has 32 heavy (non-hydrogen) atoms. The maximum atomic E-state index is 10.9. The second-order valence-electron chi connectivity index (χ2n) is 15.1. The van der Waals surface area contributed by atoms with Crippen LogP contribution in [-0.4, -0.2) is 11.2 Å². The topological polar surface area (TPSA) is 20.2 Å². The van der Waals surface area contributed by atoms with Gasteiger partial charge in [0.2, 0.25) is 0 Å². The molecule has 5 aliphatic rings. The van der Waals surface area contributed by atoms with Crippen molar-refractivity contribution in [2.75, 3.05) is 0 Å². The second-order valence-corrected chi connectivity index (χ2v) is 15.1. The quantitative estimate of drug-likeness (QED) is 0.406. The summed E-state index contributed by atoms with van der Waals surface area (Å²) in [5.41, 5.74) is 3.40. The van der Waals surface area contributed by atoms with E-state index in [0.29, 0.717) is 27.6 Å². The van der Waals surface area contributed by atoms with Crippen molar-refractivity contribution in [3.05, 3.63) is 12.2 Å². The van der Waals surface area contributed by atoms with Crippen molar-refractivity contribution in [3.8, 4) is 0 Å². The van der Waals surface area contributed by atoms with Crippen LogP contribution < -0.4 is 0 Å². The highest BCUT2D eigenvalue weighted by atomic mass is 16.3. The van der Waals surface area contributed by atoms with Gasteiger partial charge in [-0.1, -0.05) is 53.7 Å². The Bertz CT molecular complexity index is 781. The van der Waals surface area contributed by atoms with Crippen LogP contribution in [0.25, 0.3) is 0 Å². The van der Waals surface area contributed by atoms with Crippen LogP contribution in [0.1, 0.15) is 119 Å². The SMILES string of the molecule is C=C(C)[C@@H]1CC[C@]2(C)CC[C@]3(C)[C@H](CC[C@@H]4[C@@]5(C)CC[C@H](O)C(C)(C)[C@@H]5CC[C@]43C)[C@H]2C1. The van der Waals surface area contributed by atoms with E-state index in [1.165, 1.54) is 69.8 Å². The molecule has 0 aromatic carbocycles. The number of fused-ring (bicyclic) bond motifs is 7. The predicted octanol–water partition coefficient (Wildman–Crippen LogP) is 8.41. The van der Waals surface area contributed by atoms with Gasteiger partial charge in [-0.25, -0.2) is 0 Å². The first-order chi connectivity index (χ1) is 14.8. The molecule has 0 saturated heterocycles. The molecule has 182 valence electrons. The average molecular weight is 441 g/mol. The molecular formula is C31H52O. The van der Waals surface area contributed by atoms with E-state index >= 15 is 0 Å². The van der Waals surface area contributed by atoms with Crippen LogP contribution in [0, 0.1) is 56.7 Å². The average Bonchev–Trinajstić information content (AvgIpc) is 2.71. The zero-order valence-electron chi connectivity index (χ0n) is 22.4. The third kappa shape index (κ3) is 2.85. The lowest BCUT2D eigenvalue weighted by Crippen LogP contribution is -2.66. The van der Waals surface area contributed by atoms with Gasteiger partial charge in [-0.15, -0.1) is 0 Å². The van der Waals surface area contributed by atoms with Crippen molar-refractivity contribution in [2.24, 2.45) is 56.7 Å². The molecule has 5 rings (SSSR count). The molecule has 0 heterocycles. The minimum absolute atomic E-state index is 0.0648. The summed E-state index contributed by atoms with van der Waals surface area (Å²) in [4.78, 5) is 0. The van der Waals surface area contributed by atoms with Crippen LogP contribution in [0.5, 0.6) is 0 Å². The van der Waals surface area contributed by atoms with Gasteiger partial charge in [0.1, 0.15) is 0 Å². The summed E-state index contributed by atoms with van der Waals surface area (Å²) in [5.74, 6) is 4.05. The maximum absolute atomic E-state index is 10.9. The highest BCUT2D eigenvalue weighted by molar-refractivity contribution is 5.18. The zero-order chi connectivity index (χ0) is 23.3. The Morgan fingerprint density at radius 2 is 1.44 bits per heavy atom. The molecule has 0 amide bonds. The summed E-state index contributed by atoms with van der Waals surface area (Å²) in [6, 6.07) is 0. The molecular weight excluding hydrogens is 388 g/mol. The van der Waals surface area contributed by atoms with Crippen LogP contribution in [0.2, 0.25) is 0 Å².